The van der Waals surface area contributed by atoms with Crippen molar-refractivity contribution in [2.24, 2.45) is 0 Å². The van der Waals surface area contributed by atoms with Gasteiger partial charge in [0.15, 0.2) is 6.61 Å². The highest BCUT2D eigenvalue weighted by Gasteiger charge is 2.38. The number of amides is 1. The van der Waals surface area contributed by atoms with Crippen LogP contribution < -0.4 is 5.32 Å². The molecule has 2 aromatic carbocycles. The van der Waals surface area contributed by atoms with E-state index >= 15 is 0 Å². The van der Waals surface area contributed by atoms with Crippen molar-refractivity contribution in [2.45, 2.75) is 40.4 Å². The van der Waals surface area contributed by atoms with Crippen LogP contribution in [0.2, 0.25) is 0 Å². The van der Waals surface area contributed by atoms with Crippen LogP contribution in [-0.2, 0) is 27.0 Å². The number of esters is 1. The molecule has 0 radical (unpaired) electrons. The second kappa shape index (κ2) is 9.05. The van der Waals surface area contributed by atoms with Crippen LogP contribution in [0.4, 0.5) is 18.9 Å². The quantitative estimate of drug-likeness (QED) is 0.435. The summed E-state index contributed by atoms with van der Waals surface area (Å²) < 4.78 is 45.9. The number of alkyl halides is 3. The Hall–Kier alpha value is -3.69. The summed E-state index contributed by atoms with van der Waals surface area (Å²) in [4.78, 5) is 40.2. The second-order valence-corrected chi connectivity index (χ2v) is 7.66. The first kappa shape index (κ1) is 24.0. The Balaban J connectivity index is 1.81. The number of anilines is 1. The maximum absolute atomic E-state index is 13.4. The first-order valence-corrected chi connectivity index (χ1v) is 9.99. The lowest BCUT2D eigenvalue weighted by molar-refractivity contribution is -0.150. The van der Waals surface area contributed by atoms with Crippen LogP contribution in [-0.4, -0.2) is 33.8 Å². The maximum Gasteiger partial charge on any atom is 0.449 e. The topological polar surface area (TPSA) is 90.3 Å². The molecule has 3 rings (SSSR count). The molecule has 3 aromatic rings. The van der Waals surface area contributed by atoms with Crippen LogP contribution >= 0.6 is 0 Å². The summed E-state index contributed by atoms with van der Waals surface area (Å²) >= 11 is 0. The van der Waals surface area contributed by atoms with Gasteiger partial charge in [-0.2, -0.15) is 13.2 Å². The van der Waals surface area contributed by atoms with Gasteiger partial charge in [-0.25, -0.2) is 4.98 Å². The molecule has 1 heterocycles. The number of nitrogens with one attached hydrogen (secondary N) is 1. The van der Waals surface area contributed by atoms with Crippen molar-refractivity contribution in [1.82, 2.24) is 9.55 Å². The monoisotopic (exact) mass is 461 g/mol. The van der Waals surface area contributed by atoms with Crippen molar-refractivity contribution in [1.29, 1.82) is 0 Å². The van der Waals surface area contributed by atoms with E-state index in [-0.39, 0.29) is 22.5 Å². The fourth-order valence-corrected chi connectivity index (χ4v) is 3.83. The van der Waals surface area contributed by atoms with Crippen LogP contribution in [0.15, 0.2) is 30.3 Å². The number of hydrogen-bond donors (Lipinski definition) is 1. The largest absolute Gasteiger partial charge is 0.456 e. The Morgan fingerprint density at radius 1 is 1.09 bits per heavy atom. The lowest BCUT2D eigenvalue weighted by Crippen LogP contribution is -2.23. The van der Waals surface area contributed by atoms with Crippen LogP contribution in [0.3, 0.4) is 0 Å². The van der Waals surface area contributed by atoms with E-state index in [1.54, 1.807) is 26.8 Å². The number of fused-ring (bicyclic) bond motifs is 1. The number of benzene rings is 2. The molecule has 1 N–H and O–H groups in total. The first-order chi connectivity index (χ1) is 15.4. The second-order valence-electron chi connectivity index (χ2n) is 7.66. The Labute approximate surface area is 187 Å². The van der Waals surface area contributed by atoms with E-state index in [1.807, 2.05) is 0 Å². The van der Waals surface area contributed by atoms with Gasteiger partial charge in [0, 0.05) is 18.2 Å². The van der Waals surface area contributed by atoms with E-state index in [4.69, 9.17) is 4.74 Å². The molecule has 0 fully saturated rings. The first-order valence-electron chi connectivity index (χ1n) is 9.99. The Morgan fingerprint density at radius 3 is 2.39 bits per heavy atom. The minimum absolute atomic E-state index is 0.0881. The summed E-state index contributed by atoms with van der Waals surface area (Å²) in [5, 5.41) is 2.68. The molecule has 7 nitrogen and oxygen atoms in total. The van der Waals surface area contributed by atoms with Gasteiger partial charge < -0.3 is 14.6 Å². The van der Waals surface area contributed by atoms with Gasteiger partial charge in [-0.1, -0.05) is 18.2 Å². The standard InChI is InChI=1S/C23H22F3N3O4/c1-12-9-13(2)21(27-15(4)30)14(3)20(12)18(31)11-33-19(32)10-29-17-8-6-5-7-16(17)28-22(29)23(24,25)26/h5-9H,10-11H2,1-4H3,(H,27,30). The fourth-order valence-electron chi connectivity index (χ4n) is 3.83. The molecule has 10 heteroatoms. The summed E-state index contributed by atoms with van der Waals surface area (Å²) in [7, 11) is 0. The summed E-state index contributed by atoms with van der Waals surface area (Å²) in [6.07, 6.45) is -4.77. The van der Waals surface area contributed by atoms with Gasteiger partial charge in [0.05, 0.1) is 11.0 Å². The third-order valence-electron chi connectivity index (χ3n) is 5.11. The lowest BCUT2D eigenvalue weighted by atomic mass is 9.94. The predicted molar refractivity (Wildman–Crippen MR) is 115 cm³/mol. The van der Waals surface area contributed by atoms with E-state index in [1.165, 1.54) is 31.2 Å². The number of para-hydroxylation sites is 2. The molecule has 0 aliphatic heterocycles. The molecule has 0 bridgehead atoms. The number of halogens is 3. The van der Waals surface area contributed by atoms with Gasteiger partial charge >= 0.3 is 12.1 Å². The van der Waals surface area contributed by atoms with Gasteiger partial charge in [0.1, 0.15) is 6.54 Å². The van der Waals surface area contributed by atoms with E-state index in [2.05, 4.69) is 10.3 Å². The molecule has 0 aliphatic rings. The van der Waals surface area contributed by atoms with Crippen LogP contribution in [0, 0.1) is 20.8 Å². The van der Waals surface area contributed by atoms with Gasteiger partial charge in [-0.05, 0) is 49.6 Å². The van der Waals surface area contributed by atoms with Crippen molar-refractivity contribution in [3.05, 3.63) is 58.4 Å². The smallest absolute Gasteiger partial charge is 0.449 e. The summed E-state index contributed by atoms with van der Waals surface area (Å²) in [5.41, 5.74) is 2.89. The number of imidazole rings is 1. The number of aromatic nitrogens is 2. The van der Waals surface area contributed by atoms with Crippen molar-refractivity contribution in [3.8, 4) is 0 Å². The molecule has 0 aliphatic carbocycles. The molecule has 1 amide bonds. The van der Waals surface area contributed by atoms with Gasteiger partial charge in [-0.3, -0.25) is 14.4 Å². The summed E-state index contributed by atoms with van der Waals surface area (Å²) in [5.74, 6) is -3.07. The van der Waals surface area contributed by atoms with Crippen molar-refractivity contribution >= 4 is 34.4 Å². The molecular weight excluding hydrogens is 439 g/mol. The highest BCUT2D eigenvalue weighted by atomic mass is 19.4. The molecule has 174 valence electrons. The molecule has 33 heavy (non-hydrogen) atoms. The number of carbonyl (C=O) groups is 3. The number of carbonyl (C=O) groups excluding carboxylic acids is 3. The number of aryl methyl sites for hydroxylation is 2. The molecule has 0 unspecified atom stereocenters. The molecule has 1 aromatic heterocycles. The van der Waals surface area contributed by atoms with Gasteiger partial charge in [0.25, 0.3) is 0 Å². The van der Waals surface area contributed by atoms with Crippen molar-refractivity contribution in [3.63, 3.8) is 0 Å². The minimum atomic E-state index is -4.77. The molecule has 0 saturated carbocycles. The maximum atomic E-state index is 13.4. The minimum Gasteiger partial charge on any atom is -0.456 e. The number of ether oxygens (including phenoxy) is 1. The number of nitrogens with zero attached hydrogens (tertiary/aromatic N) is 2. The SMILES string of the molecule is CC(=O)Nc1c(C)cc(C)c(C(=O)COC(=O)Cn2c(C(F)(F)F)nc3ccccc32)c1C. The zero-order valence-corrected chi connectivity index (χ0v) is 18.5. The van der Waals surface area contributed by atoms with E-state index in [0.717, 1.165) is 10.1 Å². The summed E-state index contributed by atoms with van der Waals surface area (Å²) in [6, 6.07) is 7.62. The van der Waals surface area contributed by atoms with E-state index < -0.39 is 36.9 Å². The Kier molecular flexibility index (Phi) is 6.57. The van der Waals surface area contributed by atoms with Gasteiger partial charge in [0.2, 0.25) is 17.5 Å². The molecule has 0 atom stereocenters. The predicted octanol–water partition coefficient (Wildman–Crippen LogP) is 4.36. The van der Waals surface area contributed by atoms with E-state index in [0.29, 0.717) is 16.8 Å². The zero-order valence-electron chi connectivity index (χ0n) is 18.5. The molecule has 0 spiro atoms. The van der Waals surface area contributed by atoms with Crippen LogP contribution in [0.5, 0.6) is 0 Å². The van der Waals surface area contributed by atoms with E-state index in [9.17, 15) is 27.6 Å². The van der Waals surface area contributed by atoms with Crippen LogP contribution in [0.25, 0.3) is 11.0 Å². The number of rotatable bonds is 6. The highest BCUT2D eigenvalue weighted by Crippen LogP contribution is 2.31. The van der Waals surface area contributed by atoms with Crippen molar-refractivity contribution < 1.29 is 32.3 Å². The zero-order chi connectivity index (χ0) is 24.5. The third kappa shape index (κ3) is 5.05. The highest BCUT2D eigenvalue weighted by molar-refractivity contribution is 6.03. The Morgan fingerprint density at radius 2 is 1.76 bits per heavy atom. The van der Waals surface area contributed by atoms with Crippen molar-refractivity contribution in [2.75, 3.05) is 11.9 Å². The number of ketones is 1. The third-order valence-corrected chi connectivity index (χ3v) is 5.11. The average molecular weight is 461 g/mol. The number of hydrogen-bond acceptors (Lipinski definition) is 5. The normalized spacial score (nSPS) is 11.5. The van der Waals surface area contributed by atoms with Crippen LogP contribution in [0.1, 0.15) is 39.8 Å². The Bertz CT molecular complexity index is 1260. The molecule has 0 saturated heterocycles. The average Bonchev–Trinajstić information content (AvgIpc) is 3.08. The summed E-state index contributed by atoms with van der Waals surface area (Å²) in [6.45, 7) is 5.08. The number of Topliss-reactive ketones (excluding diaryl/α,β-unsaturated/α-hetero) is 1. The fraction of sp³-hybridized carbons (Fsp3) is 0.304. The lowest BCUT2D eigenvalue weighted by Gasteiger charge is -2.17. The molecular formula is C23H22F3N3O4. The van der Waals surface area contributed by atoms with Gasteiger partial charge in [-0.15, -0.1) is 0 Å².